The van der Waals surface area contributed by atoms with Crippen LogP contribution < -0.4 is 9.64 Å². The van der Waals surface area contributed by atoms with Gasteiger partial charge in [0.05, 0.1) is 7.11 Å². The van der Waals surface area contributed by atoms with Crippen LogP contribution in [0.4, 0.5) is 14.0 Å². The summed E-state index contributed by atoms with van der Waals surface area (Å²) in [5, 5.41) is -1.38. The summed E-state index contributed by atoms with van der Waals surface area (Å²) in [6.45, 7) is -0.285. The summed E-state index contributed by atoms with van der Waals surface area (Å²) >= 11 is 0. The zero-order chi connectivity index (χ0) is 14.2. The Bertz CT molecular complexity index is 617. The molecular formula is C11H11F2NO4S. The number of nitrogens with zero attached hydrogens (tertiary/aromatic N) is 1. The highest BCUT2D eigenvalue weighted by atomic mass is 32.3. The average Bonchev–Trinajstić information content (AvgIpc) is 2.72. The summed E-state index contributed by atoms with van der Waals surface area (Å²) in [5.74, 6) is -1.20. The van der Waals surface area contributed by atoms with Crippen molar-refractivity contribution >= 4 is 21.8 Å². The van der Waals surface area contributed by atoms with Crippen molar-refractivity contribution in [2.24, 2.45) is 0 Å². The minimum atomic E-state index is -4.77. The molecule has 8 heteroatoms. The Morgan fingerprint density at radius 3 is 2.63 bits per heavy atom. The quantitative estimate of drug-likeness (QED) is 0.786. The predicted octanol–water partition coefficient (Wildman–Crippen LogP) is 1.24. The van der Waals surface area contributed by atoms with Gasteiger partial charge in [-0.25, -0.2) is 4.39 Å². The highest BCUT2D eigenvalue weighted by molar-refractivity contribution is 7.87. The zero-order valence-electron chi connectivity index (χ0n) is 9.97. The second kappa shape index (κ2) is 4.76. The van der Waals surface area contributed by atoms with Gasteiger partial charge >= 0.3 is 10.2 Å². The van der Waals surface area contributed by atoms with Crippen molar-refractivity contribution in [2.75, 3.05) is 18.6 Å². The Hall–Kier alpha value is -1.70. The molecule has 1 aliphatic heterocycles. The van der Waals surface area contributed by atoms with Gasteiger partial charge < -0.3 is 9.64 Å². The first-order valence-corrected chi connectivity index (χ1v) is 6.85. The van der Waals surface area contributed by atoms with Crippen molar-refractivity contribution in [1.29, 1.82) is 0 Å². The van der Waals surface area contributed by atoms with E-state index in [0.717, 1.165) is 11.0 Å². The van der Waals surface area contributed by atoms with Gasteiger partial charge in [0, 0.05) is 24.7 Å². The summed E-state index contributed by atoms with van der Waals surface area (Å²) in [6.07, 6.45) is -0.418. The standard InChI is InChI=1S/C11H11F2NO4S/c1-18-10-4-7(2-3-9(10)12)14-6-8(5-11(14)15)19(13,16)17/h2-4,8H,5-6H2,1H3. The van der Waals surface area contributed by atoms with Crippen LogP contribution in [0.3, 0.4) is 0 Å². The first-order valence-electron chi connectivity index (χ1n) is 5.40. The molecule has 1 atom stereocenters. The largest absolute Gasteiger partial charge is 0.494 e. The molecule has 1 heterocycles. The first-order chi connectivity index (χ1) is 8.82. The fraction of sp³-hybridized carbons (Fsp3) is 0.364. The molecule has 1 unspecified atom stereocenters. The number of anilines is 1. The van der Waals surface area contributed by atoms with Crippen molar-refractivity contribution in [3.8, 4) is 5.75 Å². The van der Waals surface area contributed by atoms with Gasteiger partial charge in [-0.2, -0.15) is 8.42 Å². The van der Waals surface area contributed by atoms with Gasteiger partial charge in [0.2, 0.25) is 5.91 Å². The molecule has 104 valence electrons. The molecule has 1 amide bonds. The van der Waals surface area contributed by atoms with Gasteiger partial charge in [0.25, 0.3) is 0 Å². The maximum Gasteiger partial charge on any atom is 0.307 e. The number of benzene rings is 1. The van der Waals surface area contributed by atoms with E-state index in [1.807, 2.05) is 0 Å². The van der Waals surface area contributed by atoms with E-state index in [0.29, 0.717) is 0 Å². The van der Waals surface area contributed by atoms with Crippen LogP contribution in [0.5, 0.6) is 5.75 Å². The van der Waals surface area contributed by atoms with E-state index in [9.17, 15) is 21.5 Å². The maximum absolute atomic E-state index is 13.2. The monoisotopic (exact) mass is 291 g/mol. The Balaban J connectivity index is 2.31. The van der Waals surface area contributed by atoms with Gasteiger partial charge in [-0.05, 0) is 12.1 Å². The Labute approximate surface area is 109 Å². The summed E-state index contributed by atoms with van der Waals surface area (Å²) in [7, 11) is -3.50. The molecule has 5 nitrogen and oxygen atoms in total. The number of carbonyl (C=O) groups is 1. The van der Waals surface area contributed by atoms with E-state index in [1.165, 1.54) is 19.2 Å². The van der Waals surface area contributed by atoms with Gasteiger partial charge in [-0.3, -0.25) is 4.79 Å². The fourth-order valence-corrected chi connectivity index (χ4v) is 2.60. The third-order valence-electron chi connectivity index (χ3n) is 2.93. The Morgan fingerprint density at radius 1 is 1.42 bits per heavy atom. The third-order valence-corrected chi connectivity index (χ3v) is 4.05. The highest BCUT2D eigenvalue weighted by Gasteiger charge is 2.39. The molecule has 0 radical (unpaired) electrons. The number of methoxy groups -OCH3 is 1. The Morgan fingerprint density at radius 2 is 2.11 bits per heavy atom. The van der Waals surface area contributed by atoms with Crippen molar-refractivity contribution < 1.29 is 26.2 Å². The number of ether oxygens (including phenoxy) is 1. The van der Waals surface area contributed by atoms with Gasteiger partial charge in [-0.1, -0.05) is 0 Å². The van der Waals surface area contributed by atoms with Gasteiger partial charge in [0.15, 0.2) is 11.6 Å². The normalized spacial score (nSPS) is 19.8. The molecule has 1 aromatic carbocycles. The first kappa shape index (κ1) is 13.7. The molecule has 0 aromatic heterocycles. The zero-order valence-corrected chi connectivity index (χ0v) is 10.8. The molecule has 0 spiro atoms. The number of halogens is 2. The molecule has 1 saturated heterocycles. The van der Waals surface area contributed by atoms with Crippen LogP contribution in [0.15, 0.2) is 18.2 Å². The number of amides is 1. The van der Waals surface area contributed by atoms with Crippen LogP contribution >= 0.6 is 0 Å². The van der Waals surface area contributed by atoms with Crippen molar-refractivity contribution in [1.82, 2.24) is 0 Å². The predicted molar refractivity (Wildman–Crippen MR) is 63.7 cm³/mol. The van der Waals surface area contributed by atoms with Crippen LogP contribution in [0.2, 0.25) is 0 Å². The number of rotatable bonds is 3. The summed E-state index contributed by atoms with van der Waals surface area (Å²) in [5.41, 5.74) is 0.273. The lowest BCUT2D eigenvalue weighted by Gasteiger charge is -2.17. The van der Waals surface area contributed by atoms with Crippen LogP contribution in [0.25, 0.3) is 0 Å². The molecule has 0 saturated carbocycles. The number of hydrogen-bond acceptors (Lipinski definition) is 4. The SMILES string of the molecule is COc1cc(N2CC(S(=O)(=O)F)CC2=O)ccc1F. The molecule has 1 fully saturated rings. The van der Waals surface area contributed by atoms with Gasteiger partial charge in [0.1, 0.15) is 5.25 Å². The molecule has 1 aliphatic rings. The highest BCUT2D eigenvalue weighted by Crippen LogP contribution is 2.29. The van der Waals surface area contributed by atoms with Crippen LogP contribution in [-0.2, 0) is 15.0 Å². The van der Waals surface area contributed by atoms with Crippen LogP contribution in [0, 0.1) is 5.82 Å². The molecular weight excluding hydrogens is 280 g/mol. The smallest absolute Gasteiger partial charge is 0.307 e. The molecule has 0 aliphatic carbocycles. The number of carbonyl (C=O) groups excluding carboxylic acids is 1. The number of hydrogen-bond donors (Lipinski definition) is 0. The van der Waals surface area contributed by atoms with Crippen molar-refractivity contribution in [3.05, 3.63) is 24.0 Å². The fourth-order valence-electron chi connectivity index (χ4n) is 1.93. The summed E-state index contributed by atoms with van der Waals surface area (Å²) < 4.78 is 52.5. The maximum atomic E-state index is 13.2. The van der Waals surface area contributed by atoms with E-state index in [-0.39, 0.29) is 18.0 Å². The van der Waals surface area contributed by atoms with Crippen LogP contribution in [0.1, 0.15) is 6.42 Å². The minimum Gasteiger partial charge on any atom is -0.494 e. The molecule has 19 heavy (non-hydrogen) atoms. The average molecular weight is 291 g/mol. The van der Waals surface area contributed by atoms with Gasteiger partial charge in [-0.15, -0.1) is 3.89 Å². The minimum absolute atomic E-state index is 0.0724. The summed E-state index contributed by atoms with van der Waals surface area (Å²) in [4.78, 5) is 12.8. The van der Waals surface area contributed by atoms with Crippen molar-refractivity contribution in [2.45, 2.75) is 11.7 Å². The van der Waals surface area contributed by atoms with E-state index < -0.39 is 33.6 Å². The molecule has 0 bridgehead atoms. The van der Waals surface area contributed by atoms with E-state index in [1.54, 1.807) is 0 Å². The topological polar surface area (TPSA) is 63.7 Å². The molecule has 0 N–H and O–H groups in total. The third kappa shape index (κ3) is 2.67. The lowest BCUT2D eigenvalue weighted by molar-refractivity contribution is -0.117. The van der Waals surface area contributed by atoms with Crippen molar-refractivity contribution in [3.63, 3.8) is 0 Å². The second-order valence-electron chi connectivity index (χ2n) is 4.12. The molecule has 2 rings (SSSR count). The lowest BCUT2D eigenvalue weighted by Crippen LogP contribution is -2.26. The van der Waals surface area contributed by atoms with E-state index in [4.69, 9.17) is 4.74 Å². The van der Waals surface area contributed by atoms with E-state index in [2.05, 4.69) is 0 Å². The summed E-state index contributed by atoms with van der Waals surface area (Å²) in [6, 6.07) is 3.67. The van der Waals surface area contributed by atoms with Crippen LogP contribution in [-0.4, -0.2) is 33.2 Å². The second-order valence-corrected chi connectivity index (χ2v) is 5.74. The Kier molecular flexibility index (Phi) is 3.44. The molecule has 1 aromatic rings. The van der Waals surface area contributed by atoms with E-state index >= 15 is 0 Å². The lowest BCUT2D eigenvalue weighted by atomic mass is 10.2.